The van der Waals surface area contributed by atoms with Crippen molar-refractivity contribution in [3.05, 3.63) is 34.4 Å². The van der Waals surface area contributed by atoms with Gasteiger partial charge in [-0.1, -0.05) is 13.8 Å². The van der Waals surface area contributed by atoms with Gasteiger partial charge in [0.1, 0.15) is 78.3 Å². The number of ketones is 1. The maximum atomic E-state index is 13.5. The molecule has 2 saturated heterocycles. The smallest absolute Gasteiger partial charge is 0.338 e. The largest absolute Gasteiger partial charge is 0.507 e. The zero-order valence-electron chi connectivity index (χ0n) is 27.4. The van der Waals surface area contributed by atoms with E-state index >= 15 is 0 Å². The Balaban J connectivity index is 1.67. The Hall–Kier alpha value is -3.98. The van der Waals surface area contributed by atoms with Gasteiger partial charge in [0.25, 0.3) is 0 Å². The molecule has 0 radical (unpaired) electrons. The fourth-order valence-corrected chi connectivity index (χ4v) is 5.47. The Labute approximate surface area is 284 Å². The maximum Gasteiger partial charge on any atom is 0.338 e. The summed E-state index contributed by atoms with van der Waals surface area (Å²) in [7, 11) is 0. The predicted molar refractivity (Wildman–Crippen MR) is 165 cm³/mol. The second-order valence-electron chi connectivity index (χ2n) is 12.2. The Morgan fingerprint density at radius 1 is 0.740 bits per heavy atom. The molecule has 0 bridgehead atoms. The van der Waals surface area contributed by atoms with Crippen LogP contribution in [0, 0.1) is 19.8 Å². The first-order valence-electron chi connectivity index (χ1n) is 15.6. The number of benzene rings is 2. The zero-order chi connectivity index (χ0) is 37.4. The van der Waals surface area contributed by atoms with Crippen LogP contribution in [-0.4, -0.2) is 143 Å². The maximum absolute atomic E-state index is 13.5. The van der Waals surface area contributed by atoms with E-state index in [9.17, 15) is 65.8 Å². The summed E-state index contributed by atoms with van der Waals surface area (Å²) in [6.45, 7) is 4.50. The highest BCUT2D eigenvalue weighted by Crippen LogP contribution is 2.45. The molecule has 0 amide bonds. The molecule has 11 N–H and O–H groups in total. The lowest BCUT2D eigenvalue weighted by atomic mass is 9.91. The fraction of sp³-hybridized carbons (Fsp3) is 0.562. The van der Waals surface area contributed by atoms with Crippen molar-refractivity contribution in [2.45, 2.75) is 95.5 Å². The molecular formula is C32H42O18. The molecule has 11 unspecified atom stereocenters. The number of phenolic OH excluding ortho intramolecular Hbond substituents is 4. The van der Waals surface area contributed by atoms with Crippen LogP contribution in [0.2, 0.25) is 0 Å². The minimum atomic E-state index is -1.94. The summed E-state index contributed by atoms with van der Waals surface area (Å²) >= 11 is 0. The van der Waals surface area contributed by atoms with Gasteiger partial charge in [-0.3, -0.25) is 4.79 Å². The first kappa shape index (κ1) is 38.8. The summed E-state index contributed by atoms with van der Waals surface area (Å²) in [5, 5.41) is 113. The number of carbonyl (C=O) groups is 2. The van der Waals surface area contributed by atoms with Crippen LogP contribution < -0.4 is 9.47 Å². The molecule has 0 aromatic heterocycles. The normalized spacial score (nSPS) is 30.4. The van der Waals surface area contributed by atoms with E-state index in [4.69, 9.17) is 23.7 Å². The molecule has 18 nitrogen and oxygen atoms in total. The van der Waals surface area contributed by atoms with Crippen molar-refractivity contribution in [3.63, 3.8) is 0 Å². The van der Waals surface area contributed by atoms with Gasteiger partial charge < -0.3 is 79.9 Å². The highest BCUT2D eigenvalue weighted by atomic mass is 16.7. The average Bonchev–Trinajstić information content (AvgIpc) is 3.09. The number of hydrogen-bond acceptors (Lipinski definition) is 18. The first-order chi connectivity index (χ1) is 23.4. The van der Waals surface area contributed by atoms with Gasteiger partial charge in [-0.05, 0) is 32.4 Å². The number of phenols is 4. The zero-order valence-corrected chi connectivity index (χ0v) is 27.4. The van der Waals surface area contributed by atoms with E-state index in [1.54, 1.807) is 13.8 Å². The monoisotopic (exact) mass is 714 g/mol. The molecule has 2 aromatic carbocycles. The summed E-state index contributed by atoms with van der Waals surface area (Å²) in [5.41, 5.74) is -0.843. The van der Waals surface area contributed by atoms with Gasteiger partial charge in [-0.2, -0.15) is 0 Å². The third-order valence-electron chi connectivity index (χ3n) is 8.82. The Kier molecular flexibility index (Phi) is 12.0. The topological polar surface area (TPSA) is 303 Å². The molecule has 2 aliphatic heterocycles. The van der Waals surface area contributed by atoms with Crippen LogP contribution in [0.15, 0.2) is 12.1 Å². The van der Waals surface area contributed by atoms with Gasteiger partial charge in [-0.15, -0.1) is 0 Å². The molecule has 2 fully saturated rings. The van der Waals surface area contributed by atoms with E-state index in [1.165, 1.54) is 13.8 Å². The van der Waals surface area contributed by atoms with E-state index in [0.717, 1.165) is 12.1 Å². The average molecular weight is 715 g/mol. The van der Waals surface area contributed by atoms with E-state index in [1.807, 2.05) is 0 Å². The highest BCUT2D eigenvalue weighted by Gasteiger charge is 2.48. The Morgan fingerprint density at radius 3 is 1.76 bits per heavy atom. The lowest BCUT2D eigenvalue weighted by Crippen LogP contribution is -2.60. The molecular weight excluding hydrogens is 672 g/mol. The van der Waals surface area contributed by atoms with Gasteiger partial charge >= 0.3 is 5.97 Å². The highest BCUT2D eigenvalue weighted by molar-refractivity contribution is 6.04. The van der Waals surface area contributed by atoms with Crippen molar-refractivity contribution in [1.82, 2.24) is 0 Å². The van der Waals surface area contributed by atoms with Crippen molar-refractivity contribution >= 4 is 11.8 Å². The third kappa shape index (κ3) is 7.39. The van der Waals surface area contributed by atoms with Gasteiger partial charge in [0.05, 0.1) is 12.2 Å². The van der Waals surface area contributed by atoms with Gasteiger partial charge in [0.2, 0.25) is 12.6 Å². The number of carbonyl (C=O) groups excluding carboxylic acids is 2. The number of aromatic hydroxyl groups is 4. The molecule has 2 heterocycles. The fourth-order valence-electron chi connectivity index (χ4n) is 5.47. The second kappa shape index (κ2) is 15.5. The number of esters is 1. The minimum Gasteiger partial charge on any atom is -0.507 e. The molecule has 2 aromatic rings. The van der Waals surface area contributed by atoms with E-state index in [2.05, 4.69) is 0 Å². The summed E-state index contributed by atoms with van der Waals surface area (Å²) in [5.74, 6) is -6.20. The summed E-state index contributed by atoms with van der Waals surface area (Å²) in [6, 6.07) is 1.61. The van der Waals surface area contributed by atoms with Crippen LogP contribution in [0.3, 0.4) is 0 Å². The summed E-state index contributed by atoms with van der Waals surface area (Å²) in [6.07, 6.45) is -17.4. The van der Waals surface area contributed by atoms with Crippen molar-refractivity contribution < 1.29 is 89.4 Å². The molecule has 0 aliphatic carbocycles. The van der Waals surface area contributed by atoms with Crippen molar-refractivity contribution in [1.29, 1.82) is 0 Å². The Bertz CT molecular complexity index is 1540. The molecule has 4 rings (SSSR count). The molecule has 278 valence electrons. The molecule has 18 heteroatoms. The standard InChI is InChI=1S/C32H42O18/c1-5-10(2)19(36)18-20(37)11(3)28(12(4)29(18)50-31-26(43)24(41)22(39)16(8-33)47-31)49-32-27(44)25(42)23(40)17(48-32)9-46-30(45)13-6-14(34)21(38)15(35)7-13/h6-7,10,16-17,22-27,31-35,37-44H,5,8-9H2,1-4H3. The van der Waals surface area contributed by atoms with Gasteiger partial charge in [0, 0.05) is 17.0 Å². The molecule has 2 aliphatic rings. The van der Waals surface area contributed by atoms with Crippen molar-refractivity contribution in [2.75, 3.05) is 13.2 Å². The number of Topliss-reactive ketones (excluding diaryl/α,β-unsaturated/α-hetero) is 1. The number of rotatable bonds is 11. The van der Waals surface area contributed by atoms with E-state index in [0.29, 0.717) is 6.42 Å². The Morgan fingerprint density at radius 2 is 1.24 bits per heavy atom. The minimum absolute atomic E-state index is 0.0322. The number of hydrogen-bond donors (Lipinski definition) is 11. The predicted octanol–water partition coefficient (Wildman–Crippen LogP) is -1.42. The van der Waals surface area contributed by atoms with Crippen LogP contribution in [0.5, 0.6) is 34.5 Å². The quantitative estimate of drug-likeness (QED) is 0.0723. The first-order valence-corrected chi connectivity index (χ1v) is 15.6. The third-order valence-corrected chi connectivity index (χ3v) is 8.82. The van der Waals surface area contributed by atoms with Crippen LogP contribution in [0.4, 0.5) is 0 Å². The van der Waals surface area contributed by atoms with Gasteiger partial charge in [-0.25, -0.2) is 4.79 Å². The van der Waals surface area contributed by atoms with Crippen LogP contribution in [-0.2, 0) is 14.2 Å². The van der Waals surface area contributed by atoms with Crippen molar-refractivity contribution in [3.8, 4) is 34.5 Å². The lowest BCUT2D eigenvalue weighted by Gasteiger charge is -2.41. The number of ether oxygens (including phenoxy) is 5. The molecule has 11 atom stereocenters. The van der Waals surface area contributed by atoms with E-state index < -0.39 is 127 Å². The lowest BCUT2D eigenvalue weighted by molar-refractivity contribution is -0.278. The number of aliphatic hydroxyl groups excluding tert-OH is 7. The molecule has 0 saturated carbocycles. The van der Waals surface area contributed by atoms with Gasteiger partial charge in [0.15, 0.2) is 23.0 Å². The van der Waals surface area contributed by atoms with E-state index in [-0.39, 0.29) is 22.4 Å². The van der Waals surface area contributed by atoms with Crippen LogP contribution in [0.1, 0.15) is 52.1 Å². The molecule has 50 heavy (non-hydrogen) atoms. The number of aliphatic hydroxyl groups is 7. The van der Waals surface area contributed by atoms with Crippen LogP contribution >= 0.6 is 0 Å². The second-order valence-corrected chi connectivity index (χ2v) is 12.2. The van der Waals surface area contributed by atoms with Crippen molar-refractivity contribution in [2.24, 2.45) is 5.92 Å². The summed E-state index contributed by atoms with van der Waals surface area (Å²) < 4.78 is 27.9. The summed E-state index contributed by atoms with van der Waals surface area (Å²) in [4.78, 5) is 26.1. The SMILES string of the molecule is CCC(C)C(=O)c1c(O)c(C)c(OC2OC(COC(=O)c3cc(O)c(O)c(O)c3)C(O)C(O)C2O)c(C)c1OC1OC(CO)C(O)C(O)C1O. The molecule has 0 spiro atoms. The van der Waals surface area contributed by atoms with Crippen LogP contribution in [0.25, 0.3) is 0 Å².